The Kier molecular flexibility index (Phi) is 4.11. The number of anilines is 1. The lowest BCUT2D eigenvalue weighted by atomic mass is 10.0. The maximum absolute atomic E-state index is 12.3. The van der Waals surface area contributed by atoms with Gasteiger partial charge >= 0.3 is 0 Å². The molecule has 0 aliphatic rings. The van der Waals surface area contributed by atoms with E-state index in [2.05, 4.69) is 11.9 Å². The second-order valence-electron chi connectivity index (χ2n) is 4.51. The zero-order chi connectivity index (χ0) is 14.5. The van der Waals surface area contributed by atoms with Crippen molar-refractivity contribution in [2.24, 2.45) is 0 Å². The van der Waals surface area contributed by atoms with Gasteiger partial charge in [0.2, 0.25) is 0 Å². The zero-order valence-corrected chi connectivity index (χ0v) is 11.2. The van der Waals surface area contributed by atoms with Crippen molar-refractivity contribution >= 4 is 17.4 Å². The quantitative estimate of drug-likeness (QED) is 0.680. The summed E-state index contributed by atoms with van der Waals surface area (Å²) in [4.78, 5) is 23.9. The Hall–Kier alpha value is -2.68. The summed E-state index contributed by atoms with van der Waals surface area (Å²) >= 11 is 0. The van der Waals surface area contributed by atoms with Crippen molar-refractivity contribution in [1.29, 1.82) is 0 Å². The molecule has 0 aliphatic carbocycles. The molecule has 100 valence electrons. The fourth-order valence-corrected chi connectivity index (χ4v) is 1.73. The van der Waals surface area contributed by atoms with E-state index in [0.717, 1.165) is 0 Å². The first-order valence-electron chi connectivity index (χ1n) is 6.24. The van der Waals surface area contributed by atoms with Crippen LogP contribution in [0.5, 0.6) is 0 Å². The molecule has 1 N–H and O–H groups in total. The molecule has 3 nitrogen and oxygen atoms in total. The van der Waals surface area contributed by atoms with Crippen LogP contribution in [-0.2, 0) is 4.79 Å². The van der Waals surface area contributed by atoms with Crippen LogP contribution in [0.3, 0.4) is 0 Å². The summed E-state index contributed by atoms with van der Waals surface area (Å²) in [7, 11) is 0. The average molecular weight is 265 g/mol. The van der Waals surface area contributed by atoms with Crippen LogP contribution in [-0.4, -0.2) is 11.7 Å². The van der Waals surface area contributed by atoms with Crippen LogP contribution >= 0.6 is 0 Å². The minimum absolute atomic E-state index is 0.0722. The molecule has 0 heterocycles. The lowest BCUT2D eigenvalue weighted by Gasteiger charge is -2.07. The zero-order valence-electron chi connectivity index (χ0n) is 11.2. The Morgan fingerprint density at radius 3 is 2.25 bits per heavy atom. The van der Waals surface area contributed by atoms with Crippen LogP contribution in [0.4, 0.5) is 5.69 Å². The Morgan fingerprint density at radius 2 is 1.60 bits per heavy atom. The van der Waals surface area contributed by atoms with Gasteiger partial charge in [-0.25, -0.2) is 0 Å². The van der Waals surface area contributed by atoms with Gasteiger partial charge in [-0.05, 0) is 19.1 Å². The molecule has 1 amide bonds. The highest BCUT2D eigenvalue weighted by atomic mass is 16.1. The molecule has 0 aromatic heterocycles. The maximum atomic E-state index is 12.3. The van der Waals surface area contributed by atoms with Gasteiger partial charge in [0.15, 0.2) is 5.78 Å². The first-order chi connectivity index (χ1) is 9.58. The summed E-state index contributed by atoms with van der Waals surface area (Å²) in [6.45, 7) is 5.21. The smallest absolute Gasteiger partial charge is 0.250 e. The molecular weight excluding hydrogens is 250 g/mol. The molecule has 0 atom stereocenters. The van der Waals surface area contributed by atoms with Crippen molar-refractivity contribution in [3.63, 3.8) is 0 Å². The van der Waals surface area contributed by atoms with Crippen LogP contribution < -0.4 is 5.32 Å². The predicted molar refractivity (Wildman–Crippen MR) is 79.8 cm³/mol. The third kappa shape index (κ3) is 3.20. The largest absolute Gasteiger partial charge is 0.322 e. The van der Waals surface area contributed by atoms with Crippen LogP contribution in [0.15, 0.2) is 66.7 Å². The van der Waals surface area contributed by atoms with Crippen molar-refractivity contribution in [2.45, 2.75) is 6.92 Å². The fourth-order valence-electron chi connectivity index (χ4n) is 1.73. The van der Waals surface area contributed by atoms with Crippen molar-refractivity contribution in [1.82, 2.24) is 0 Å². The van der Waals surface area contributed by atoms with E-state index in [1.54, 1.807) is 43.3 Å². The molecule has 3 heteroatoms. The lowest BCUT2D eigenvalue weighted by molar-refractivity contribution is -0.112. The van der Waals surface area contributed by atoms with Gasteiger partial charge in [-0.3, -0.25) is 9.59 Å². The average Bonchev–Trinajstić information content (AvgIpc) is 2.47. The van der Waals surface area contributed by atoms with E-state index in [1.165, 1.54) is 0 Å². The molecule has 0 saturated heterocycles. The van der Waals surface area contributed by atoms with Gasteiger partial charge in [0.25, 0.3) is 5.91 Å². The molecule has 0 fully saturated rings. The minimum atomic E-state index is -0.255. The number of nitrogens with one attached hydrogen (secondary N) is 1. The molecule has 20 heavy (non-hydrogen) atoms. The van der Waals surface area contributed by atoms with E-state index < -0.39 is 0 Å². The Morgan fingerprint density at radius 1 is 0.950 bits per heavy atom. The van der Waals surface area contributed by atoms with Gasteiger partial charge in [0, 0.05) is 22.4 Å². The summed E-state index contributed by atoms with van der Waals surface area (Å²) in [5.74, 6) is -0.327. The van der Waals surface area contributed by atoms with Crippen LogP contribution in [0.1, 0.15) is 22.8 Å². The topological polar surface area (TPSA) is 46.2 Å². The molecule has 0 unspecified atom stereocenters. The Balaban J connectivity index is 2.24. The molecule has 2 aromatic rings. The van der Waals surface area contributed by atoms with Gasteiger partial charge in [-0.1, -0.05) is 49.0 Å². The van der Waals surface area contributed by atoms with Crippen molar-refractivity contribution in [3.05, 3.63) is 77.9 Å². The van der Waals surface area contributed by atoms with E-state index in [0.29, 0.717) is 22.4 Å². The third-order valence-electron chi connectivity index (χ3n) is 2.81. The number of carbonyl (C=O) groups is 2. The summed E-state index contributed by atoms with van der Waals surface area (Å²) in [5, 5.41) is 2.70. The highest BCUT2D eigenvalue weighted by Gasteiger charge is 2.10. The lowest BCUT2D eigenvalue weighted by Crippen LogP contribution is -2.12. The standard InChI is InChI=1S/C17H15NO2/c1-12(2)17(20)18-15-10-6-9-14(11-15)16(19)13-7-4-3-5-8-13/h3-11H,1H2,2H3,(H,18,20). The first kappa shape index (κ1) is 13.7. The van der Waals surface area contributed by atoms with Crippen LogP contribution in [0.25, 0.3) is 0 Å². The fraction of sp³-hybridized carbons (Fsp3) is 0.0588. The SMILES string of the molecule is C=C(C)C(=O)Nc1cccc(C(=O)c2ccccc2)c1. The highest BCUT2D eigenvalue weighted by Crippen LogP contribution is 2.15. The maximum Gasteiger partial charge on any atom is 0.250 e. The Labute approximate surface area is 117 Å². The van der Waals surface area contributed by atoms with Crippen LogP contribution in [0, 0.1) is 0 Å². The predicted octanol–water partition coefficient (Wildman–Crippen LogP) is 3.43. The first-order valence-corrected chi connectivity index (χ1v) is 6.24. The number of hydrogen-bond acceptors (Lipinski definition) is 2. The number of benzene rings is 2. The van der Waals surface area contributed by atoms with Gasteiger partial charge in [-0.2, -0.15) is 0 Å². The summed E-state index contributed by atoms with van der Waals surface area (Å²) in [5.41, 5.74) is 2.16. The number of rotatable bonds is 4. The Bertz CT molecular complexity index is 660. The minimum Gasteiger partial charge on any atom is -0.322 e. The molecule has 0 aliphatic heterocycles. The van der Waals surface area contributed by atoms with E-state index >= 15 is 0 Å². The van der Waals surface area contributed by atoms with Gasteiger partial charge < -0.3 is 5.32 Å². The van der Waals surface area contributed by atoms with Crippen molar-refractivity contribution in [2.75, 3.05) is 5.32 Å². The van der Waals surface area contributed by atoms with Crippen molar-refractivity contribution < 1.29 is 9.59 Å². The van der Waals surface area contributed by atoms with Gasteiger partial charge in [0.05, 0.1) is 0 Å². The van der Waals surface area contributed by atoms with E-state index in [4.69, 9.17) is 0 Å². The number of hydrogen-bond donors (Lipinski definition) is 1. The van der Waals surface area contributed by atoms with Gasteiger partial charge in [-0.15, -0.1) is 0 Å². The molecule has 0 saturated carbocycles. The number of ketones is 1. The molecule has 2 aromatic carbocycles. The number of amides is 1. The van der Waals surface area contributed by atoms with E-state index in [9.17, 15) is 9.59 Å². The third-order valence-corrected chi connectivity index (χ3v) is 2.81. The molecule has 0 radical (unpaired) electrons. The monoisotopic (exact) mass is 265 g/mol. The normalized spacial score (nSPS) is 9.85. The second-order valence-corrected chi connectivity index (χ2v) is 4.51. The van der Waals surface area contributed by atoms with Gasteiger partial charge in [0.1, 0.15) is 0 Å². The summed E-state index contributed by atoms with van der Waals surface area (Å²) in [6, 6.07) is 15.9. The molecule has 2 rings (SSSR count). The second kappa shape index (κ2) is 5.97. The highest BCUT2D eigenvalue weighted by molar-refractivity contribution is 6.10. The summed E-state index contributed by atoms with van der Waals surface area (Å²) < 4.78 is 0. The summed E-state index contributed by atoms with van der Waals surface area (Å²) in [6.07, 6.45) is 0. The molecule has 0 bridgehead atoms. The molecular formula is C17H15NO2. The van der Waals surface area contributed by atoms with E-state index in [1.807, 2.05) is 18.2 Å². The molecule has 0 spiro atoms. The van der Waals surface area contributed by atoms with Crippen molar-refractivity contribution in [3.8, 4) is 0 Å². The van der Waals surface area contributed by atoms with Crippen LogP contribution in [0.2, 0.25) is 0 Å². The number of carbonyl (C=O) groups excluding carboxylic acids is 2. The van der Waals surface area contributed by atoms with E-state index in [-0.39, 0.29) is 11.7 Å².